The molecule has 78 heavy (non-hydrogen) atoms. The highest BCUT2D eigenvalue weighted by Crippen LogP contribution is 2.18. The zero-order chi connectivity index (χ0) is 56.4. The molecule has 0 aliphatic heterocycles. The van der Waals surface area contributed by atoms with Crippen LogP contribution in [0.4, 0.5) is 0 Å². The molecule has 0 aliphatic rings. The van der Waals surface area contributed by atoms with Gasteiger partial charge in [0.15, 0.2) is 6.10 Å². The van der Waals surface area contributed by atoms with Crippen LogP contribution in [0.3, 0.4) is 0 Å². The van der Waals surface area contributed by atoms with Crippen molar-refractivity contribution in [3.63, 3.8) is 0 Å². The van der Waals surface area contributed by atoms with Crippen molar-refractivity contribution in [1.29, 1.82) is 0 Å². The third kappa shape index (κ3) is 63.7. The van der Waals surface area contributed by atoms with Crippen molar-refractivity contribution < 1.29 is 28.6 Å². The maximum absolute atomic E-state index is 12.9. The second kappa shape index (κ2) is 66.4. The molecule has 1 unspecified atom stereocenters. The second-order valence-corrected chi connectivity index (χ2v) is 22.7. The summed E-state index contributed by atoms with van der Waals surface area (Å²) in [5, 5.41) is 0. The monoisotopic (exact) mass is 1090 g/mol. The highest BCUT2D eigenvalue weighted by molar-refractivity contribution is 5.71. The third-order valence-corrected chi connectivity index (χ3v) is 15.0. The zero-order valence-electron chi connectivity index (χ0n) is 51.9. The minimum atomic E-state index is -0.788. The van der Waals surface area contributed by atoms with Crippen LogP contribution in [0.1, 0.15) is 348 Å². The maximum atomic E-state index is 12.9. The Kier molecular flexibility index (Phi) is 63.7. The first-order valence-corrected chi connectivity index (χ1v) is 33.9. The minimum absolute atomic E-state index is 0.0814. The van der Waals surface area contributed by atoms with Gasteiger partial charge in [-0.25, -0.2) is 0 Å². The summed E-state index contributed by atoms with van der Waals surface area (Å²) in [6, 6.07) is 0. The molecule has 6 heteroatoms. The molecule has 0 spiro atoms. The summed E-state index contributed by atoms with van der Waals surface area (Å²) in [7, 11) is 0. The van der Waals surface area contributed by atoms with E-state index in [1.165, 1.54) is 199 Å². The van der Waals surface area contributed by atoms with E-state index in [0.717, 1.165) is 109 Å². The fourth-order valence-corrected chi connectivity index (χ4v) is 9.92. The molecule has 0 N–H and O–H groups in total. The largest absolute Gasteiger partial charge is 0.462 e. The molecule has 0 aromatic carbocycles. The lowest BCUT2D eigenvalue weighted by Crippen LogP contribution is -2.30. The molecular weight excluding hydrogens is 961 g/mol. The lowest BCUT2D eigenvalue weighted by Gasteiger charge is -2.18. The van der Waals surface area contributed by atoms with E-state index >= 15 is 0 Å². The van der Waals surface area contributed by atoms with Crippen LogP contribution in [0, 0.1) is 0 Å². The van der Waals surface area contributed by atoms with E-state index in [4.69, 9.17) is 14.2 Å². The van der Waals surface area contributed by atoms with Gasteiger partial charge < -0.3 is 14.2 Å². The molecule has 0 rings (SSSR count). The number of carbonyl (C=O) groups excluding carboxylic acids is 3. The van der Waals surface area contributed by atoms with Gasteiger partial charge in [0.1, 0.15) is 13.2 Å². The Morgan fingerprint density at radius 3 is 0.782 bits per heavy atom. The molecule has 0 aromatic heterocycles. The van der Waals surface area contributed by atoms with E-state index in [0.29, 0.717) is 19.3 Å². The molecule has 452 valence electrons. The summed E-state index contributed by atoms with van der Waals surface area (Å²) in [5.41, 5.74) is 0. The van der Waals surface area contributed by atoms with Crippen LogP contribution < -0.4 is 0 Å². The van der Waals surface area contributed by atoms with Gasteiger partial charge in [-0.05, 0) is 70.6 Å². The number of unbranched alkanes of at least 4 members (excludes halogenated alkanes) is 39. The highest BCUT2D eigenvalue weighted by Gasteiger charge is 2.19. The molecule has 0 aliphatic carbocycles. The third-order valence-electron chi connectivity index (χ3n) is 15.0. The van der Waals surface area contributed by atoms with Crippen molar-refractivity contribution in [2.45, 2.75) is 354 Å². The van der Waals surface area contributed by atoms with Gasteiger partial charge in [-0.15, -0.1) is 0 Å². The molecule has 6 nitrogen and oxygen atoms in total. The summed E-state index contributed by atoms with van der Waals surface area (Å²) < 4.78 is 16.9. The number of hydrogen-bond acceptors (Lipinski definition) is 6. The topological polar surface area (TPSA) is 78.9 Å². The molecule has 0 aromatic rings. The molecule has 0 heterocycles. The first kappa shape index (κ1) is 74.8. The molecule has 0 fully saturated rings. The summed E-state index contributed by atoms with van der Waals surface area (Å²) in [5.74, 6) is -0.886. The van der Waals surface area contributed by atoms with Crippen molar-refractivity contribution in [3.8, 4) is 0 Å². The van der Waals surface area contributed by atoms with E-state index < -0.39 is 6.10 Å². The molecule has 0 saturated carbocycles. The first-order valence-electron chi connectivity index (χ1n) is 33.9. The summed E-state index contributed by atoms with van der Waals surface area (Å²) >= 11 is 0. The maximum Gasteiger partial charge on any atom is 0.306 e. The van der Waals surface area contributed by atoms with Gasteiger partial charge in [-0.3, -0.25) is 14.4 Å². The van der Waals surface area contributed by atoms with Crippen molar-refractivity contribution in [2.24, 2.45) is 0 Å². The summed E-state index contributed by atoms with van der Waals surface area (Å²) in [4.78, 5) is 38.4. The van der Waals surface area contributed by atoms with Gasteiger partial charge in [-0.2, -0.15) is 0 Å². The van der Waals surface area contributed by atoms with Crippen LogP contribution in [0.25, 0.3) is 0 Å². The minimum Gasteiger partial charge on any atom is -0.462 e. The molecule has 1 atom stereocenters. The molecule has 0 saturated heterocycles. The Morgan fingerprint density at radius 2 is 0.500 bits per heavy atom. The van der Waals surface area contributed by atoms with Gasteiger partial charge in [0.25, 0.3) is 0 Å². The van der Waals surface area contributed by atoms with E-state index in [9.17, 15) is 14.4 Å². The zero-order valence-corrected chi connectivity index (χ0v) is 51.9. The average molecular weight is 1090 g/mol. The standard InChI is InChI=1S/C72H128O6/c1-4-7-10-13-16-19-22-25-27-29-31-33-35-37-38-40-42-44-47-50-53-56-59-62-65-71(74)77-68-69(67-76-70(73)64-61-58-55-52-49-46-24-21-18-15-12-9-6-3)78-72(75)66-63-60-57-54-51-48-45-43-41-39-36-34-32-30-28-26-23-20-17-14-11-8-5-2/h8,11,17,20,26,28,32,34,39,41,45,48,69H,4-7,9-10,12-16,18-19,21-25,27,29-31,33,35-38,40,42-44,46-47,49-68H2,1-3H3/b11-8-,20-17-,28-26-,34-32-,41-39-,48-45-. The quantitative estimate of drug-likeness (QED) is 0.0261. The number of esters is 3. The number of ether oxygens (including phenoxy) is 3. The Bertz CT molecular complexity index is 1440. The van der Waals surface area contributed by atoms with Crippen LogP contribution in [0.15, 0.2) is 72.9 Å². The Balaban J connectivity index is 4.32. The molecule has 0 radical (unpaired) electrons. The van der Waals surface area contributed by atoms with E-state index in [2.05, 4.69) is 93.7 Å². The molecule has 0 bridgehead atoms. The van der Waals surface area contributed by atoms with Crippen molar-refractivity contribution >= 4 is 17.9 Å². The highest BCUT2D eigenvalue weighted by atomic mass is 16.6. The van der Waals surface area contributed by atoms with Gasteiger partial charge in [0.2, 0.25) is 0 Å². The predicted octanol–water partition coefficient (Wildman–Crippen LogP) is 23.3. The smallest absolute Gasteiger partial charge is 0.306 e. The normalized spacial score (nSPS) is 12.5. The van der Waals surface area contributed by atoms with Gasteiger partial charge >= 0.3 is 17.9 Å². The van der Waals surface area contributed by atoms with Crippen LogP contribution in [0.5, 0.6) is 0 Å². The number of allylic oxidation sites excluding steroid dienone is 12. The van der Waals surface area contributed by atoms with E-state index in [1.54, 1.807) is 0 Å². The SMILES string of the molecule is CC/C=C\C/C=C\C/C=C\C/C=C\C/C=C\C/C=C\CCCCCCC(=O)OC(COC(=O)CCCCCCCCCCCCCCC)COC(=O)CCCCCCCCCCCCCCCCCCCCCCCCCC. The fourth-order valence-electron chi connectivity index (χ4n) is 9.92. The van der Waals surface area contributed by atoms with Crippen LogP contribution >= 0.6 is 0 Å². The van der Waals surface area contributed by atoms with Gasteiger partial charge in [-0.1, -0.05) is 331 Å². The van der Waals surface area contributed by atoms with Crippen LogP contribution in [-0.2, 0) is 28.6 Å². The average Bonchev–Trinajstić information content (AvgIpc) is 3.44. The Hall–Kier alpha value is -3.15. The second-order valence-electron chi connectivity index (χ2n) is 22.7. The van der Waals surface area contributed by atoms with E-state index in [1.807, 2.05) is 0 Å². The van der Waals surface area contributed by atoms with Crippen molar-refractivity contribution in [1.82, 2.24) is 0 Å². The lowest BCUT2D eigenvalue weighted by atomic mass is 10.0. The van der Waals surface area contributed by atoms with Crippen molar-refractivity contribution in [2.75, 3.05) is 13.2 Å². The van der Waals surface area contributed by atoms with E-state index in [-0.39, 0.29) is 31.1 Å². The number of carbonyl (C=O) groups is 3. The fraction of sp³-hybridized carbons (Fsp3) is 0.792. The number of rotatable bonds is 62. The Morgan fingerprint density at radius 1 is 0.269 bits per heavy atom. The molecule has 0 amide bonds. The first-order chi connectivity index (χ1) is 38.5. The predicted molar refractivity (Wildman–Crippen MR) is 339 cm³/mol. The lowest BCUT2D eigenvalue weighted by molar-refractivity contribution is -0.167. The number of hydrogen-bond donors (Lipinski definition) is 0. The van der Waals surface area contributed by atoms with Crippen molar-refractivity contribution in [3.05, 3.63) is 72.9 Å². The summed E-state index contributed by atoms with van der Waals surface area (Å²) in [6.07, 6.45) is 86.3. The van der Waals surface area contributed by atoms with Gasteiger partial charge in [0, 0.05) is 19.3 Å². The summed E-state index contributed by atoms with van der Waals surface area (Å²) in [6.45, 7) is 6.56. The Labute approximate surface area is 484 Å². The molecular formula is C72H128O6. The van der Waals surface area contributed by atoms with Crippen LogP contribution in [0.2, 0.25) is 0 Å². The van der Waals surface area contributed by atoms with Crippen LogP contribution in [-0.4, -0.2) is 37.2 Å². The van der Waals surface area contributed by atoms with Gasteiger partial charge in [0.05, 0.1) is 0 Å².